The first-order valence-electron chi connectivity index (χ1n) is 10.3. The molecule has 0 unspecified atom stereocenters. The number of benzene rings is 2. The summed E-state index contributed by atoms with van der Waals surface area (Å²) in [5.41, 5.74) is 2.09. The zero-order chi connectivity index (χ0) is 20.9. The third-order valence-electron chi connectivity index (χ3n) is 5.70. The van der Waals surface area contributed by atoms with E-state index in [0.717, 1.165) is 37.0 Å². The number of hydrogen-bond acceptors (Lipinski definition) is 5. The van der Waals surface area contributed by atoms with Gasteiger partial charge < -0.3 is 19.7 Å². The predicted octanol–water partition coefficient (Wildman–Crippen LogP) is 2.39. The molecule has 6 nitrogen and oxygen atoms in total. The summed E-state index contributed by atoms with van der Waals surface area (Å²) in [4.78, 5) is 18.6. The first kappa shape index (κ1) is 20.6. The van der Waals surface area contributed by atoms with E-state index in [1.165, 1.54) is 14.6 Å². The lowest BCUT2D eigenvalue weighted by molar-refractivity contribution is -0.897. The maximum Gasteiger partial charge on any atom is 0.275 e. The van der Waals surface area contributed by atoms with Crippen molar-refractivity contribution in [3.63, 3.8) is 0 Å². The number of ether oxygens (including phenoxy) is 2. The molecule has 158 valence electrons. The Kier molecular flexibility index (Phi) is 6.50. The fraction of sp³-hybridized carbons (Fsp3) is 0.391. The highest BCUT2D eigenvalue weighted by molar-refractivity contribution is 7.18. The molecule has 0 radical (unpaired) electrons. The third-order valence-corrected chi connectivity index (χ3v) is 6.90. The topological polar surface area (TPSA) is 64.9 Å². The number of thiazole rings is 1. The Balaban J connectivity index is 1.25. The molecule has 7 heteroatoms. The number of nitrogens with zero attached hydrogens (tertiary/aromatic N) is 1. The van der Waals surface area contributed by atoms with E-state index in [1.807, 2.05) is 35.6 Å². The number of nitrogens with one attached hydrogen (secondary N) is 2. The highest BCUT2D eigenvalue weighted by Crippen LogP contribution is 2.31. The van der Waals surface area contributed by atoms with Crippen molar-refractivity contribution >= 4 is 27.5 Å². The number of likely N-dealkylation sites (tertiary alicyclic amines) is 1. The number of amides is 1. The van der Waals surface area contributed by atoms with E-state index < -0.39 is 0 Å². The summed E-state index contributed by atoms with van der Waals surface area (Å²) >= 11 is 1.81. The molecule has 1 fully saturated rings. The van der Waals surface area contributed by atoms with Gasteiger partial charge >= 0.3 is 0 Å². The van der Waals surface area contributed by atoms with Gasteiger partial charge in [-0.15, -0.1) is 11.3 Å². The van der Waals surface area contributed by atoms with Crippen LogP contribution in [0.25, 0.3) is 10.2 Å². The minimum atomic E-state index is 0.0817. The Hall–Kier alpha value is -2.64. The van der Waals surface area contributed by atoms with Crippen LogP contribution in [0.5, 0.6) is 11.5 Å². The van der Waals surface area contributed by atoms with Gasteiger partial charge in [0.05, 0.1) is 42.5 Å². The van der Waals surface area contributed by atoms with Crippen LogP contribution in [0.3, 0.4) is 0 Å². The van der Waals surface area contributed by atoms with Gasteiger partial charge in [-0.3, -0.25) is 4.79 Å². The van der Waals surface area contributed by atoms with Gasteiger partial charge in [0.1, 0.15) is 0 Å². The van der Waals surface area contributed by atoms with Crippen molar-refractivity contribution in [3.05, 3.63) is 53.0 Å². The summed E-state index contributed by atoms with van der Waals surface area (Å²) < 4.78 is 11.8. The van der Waals surface area contributed by atoms with Gasteiger partial charge in [0.15, 0.2) is 18.0 Å². The van der Waals surface area contributed by atoms with E-state index in [0.29, 0.717) is 30.5 Å². The minimum absolute atomic E-state index is 0.0817. The summed E-state index contributed by atoms with van der Waals surface area (Å²) in [6, 6.07) is 14.0. The Morgan fingerprint density at radius 2 is 1.90 bits per heavy atom. The van der Waals surface area contributed by atoms with E-state index >= 15 is 0 Å². The highest BCUT2D eigenvalue weighted by Gasteiger charge is 2.27. The number of para-hydroxylation sites is 1. The zero-order valence-electron chi connectivity index (χ0n) is 17.4. The molecule has 3 aromatic rings. The van der Waals surface area contributed by atoms with E-state index in [-0.39, 0.29) is 5.91 Å². The van der Waals surface area contributed by atoms with Crippen LogP contribution in [-0.2, 0) is 11.3 Å². The normalized spacial score (nSPS) is 18.9. The van der Waals surface area contributed by atoms with Gasteiger partial charge in [-0.25, -0.2) is 4.98 Å². The Labute approximate surface area is 180 Å². The summed E-state index contributed by atoms with van der Waals surface area (Å²) in [7, 11) is 3.23. The lowest BCUT2D eigenvalue weighted by atomic mass is 9.97. The summed E-state index contributed by atoms with van der Waals surface area (Å²) in [5, 5.41) is 4.27. The second-order valence-electron chi connectivity index (χ2n) is 7.69. The number of fused-ring (bicyclic) bond motifs is 1. The van der Waals surface area contributed by atoms with Crippen LogP contribution in [-0.4, -0.2) is 44.7 Å². The lowest BCUT2D eigenvalue weighted by Crippen LogP contribution is -3.14. The number of quaternary nitrogens is 1. The van der Waals surface area contributed by atoms with Gasteiger partial charge in [0, 0.05) is 25.3 Å². The molecule has 30 heavy (non-hydrogen) atoms. The van der Waals surface area contributed by atoms with Crippen LogP contribution < -0.4 is 19.7 Å². The fourth-order valence-corrected chi connectivity index (χ4v) is 5.13. The Morgan fingerprint density at radius 3 is 2.63 bits per heavy atom. The van der Waals surface area contributed by atoms with Gasteiger partial charge in [0.25, 0.3) is 5.91 Å². The van der Waals surface area contributed by atoms with Crippen molar-refractivity contribution < 1.29 is 19.2 Å². The van der Waals surface area contributed by atoms with Crippen molar-refractivity contribution in [1.29, 1.82) is 0 Å². The van der Waals surface area contributed by atoms with E-state index in [2.05, 4.69) is 23.5 Å². The number of methoxy groups -OCH3 is 2. The fourth-order valence-electron chi connectivity index (χ4n) is 4.00. The van der Waals surface area contributed by atoms with Crippen molar-refractivity contribution in [3.8, 4) is 11.5 Å². The molecule has 2 heterocycles. The number of rotatable bonds is 7. The molecule has 1 saturated heterocycles. The molecule has 1 aromatic heterocycles. The molecule has 1 amide bonds. The van der Waals surface area contributed by atoms with Crippen molar-refractivity contribution in [1.82, 2.24) is 10.3 Å². The summed E-state index contributed by atoms with van der Waals surface area (Å²) in [6.45, 7) is 3.01. The maximum atomic E-state index is 12.4. The Bertz CT molecular complexity index is 979. The molecule has 0 aliphatic carbocycles. The Morgan fingerprint density at radius 1 is 1.13 bits per heavy atom. The smallest absolute Gasteiger partial charge is 0.275 e. The van der Waals surface area contributed by atoms with E-state index in [4.69, 9.17) is 14.5 Å². The molecule has 1 aliphatic rings. The molecular formula is C23H28N3O3S+. The van der Waals surface area contributed by atoms with Crippen LogP contribution >= 0.6 is 11.3 Å². The monoisotopic (exact) mass is 426 g/mol. The maximum absolute atomic E-state index is 12.4. The zero-order valence-corrected chi connectivity index (χ0v) is 18.3. The lowest BCUT2D eigenvalue weighted by Gasteiger charge is -2.27. The third kappa shape index (κ3) is 4.74. The quantitative estimate of drug-likeness (QED) is 0.609. The van der Waals surface area contributed by atoms with Gasteiger partial charge in [-0.05, 0) is 29.8 Å². The number of carbonyl (C=O) groups excluding carboxylic acids is 1. The average Bonchev–Trinajstić information content (AvgIpc) is 3.22. The molecular weight excluding hydrogens is 398 g/mol. The average molecular weight is 427 g/mol. The number of aromatic nitrogens is 1. The molecule has 0 saturated carbocycles. The molecule has 4 rings (SSSR count). The second kappa shape index (κ2) is 9.45. The SMILES string of the molecule is COc1ccc(CNC(=O)C[NH+]2CCC(c3nc4ccccc4s3)CC2)cc1OC. The summed E-state index contributed by atoms with van der Waals surface area (Å²) in [6.07, 6.45) is 2.16. The minimum Gasteiger partial charge on any atom is -0.493 e. The number of hydrogen-bond donors (Lipinski definition) is 2. The largest absolute Gasteiger partial charge is 0.493 e. The number of carbonyl (C=O) groups is 1. The van der Waals surface area contributed by atoms with Crippen LogP contribution in [0.2, 0.25) is 0 Å². The first-order chi connectivity index (χ1) is 14.7. The highest BCUT2D eigenvalue weighted by atomic mass is 32.1. The van der Waals surface area contributed by atoms with Crippen molar-refractivity contribution in [2.24, 2.45) is 0 Å². The molecule has 0 atom stereocenters. The van der Waals surface area contributed by atoms with Gasteiger partial charge in [0.2, 0.25) is 0 Å². The molecule has 0 bridgehead atoms. The second-order valence-corrected chi connectivity index (χ2v) is 8.75. The van der Waals surface area contributed by atoms with Crippen LogP contribution in [0, 0.1) is 0 Å². The van der Waals surface area contributed by atoms with Crippen molar-refractivity contribution in [2.75, 3.05) is 33.9 Å². The van der Waals surface area contributed by atoms with Gasteiger partial charge in [-0.1, -0.05) is 18.2 Å². The van der Waals surface area contributed by atoms with E-state index in [1.54, 1.807) is 14.2 Å². The summed E-state index contributed by atoms with van der Waals surface area (Å²) in [5.74, 6) is 1.96. The first-order valence-corrected chi connectivity index (χ1v) is 11.1. The van der Waals surface area contributed by atoms with Crippen LogP contribution in [0.1, 0.15) is 29.3 Å². The standard InChI is InChI=1S/C23H27N3O3S/c1-28-19-8-7-16(13-20(19)29-2)14-24-22(27)15-26-11-9-17(10-12-26)23-25-18-5-3-4-6-21(18)30-23/h3-8,13,17H,9-12,14-15H2,1-2H3,(H,24,27)/p+1. The predicted molar refractivity (Wildman–Crippen MR) is 119 cm³/mol. The van der Waals surface area contributed by atoms with Gasteiger partial charge in [-0.2, -0.15) is 0 Å². The molecule has 0 spiro atoms. The van der Waals surface area contributed by atoms with E-state index in [9.17, 15) is 4.79 Å². The molecule has 2 aromatic carbocycles. The van der Waals surface area contributed by atoms with Crippen LogP contribution in [0.15, 0.2) is 42.5 Å². The van der Waals surface area contributed by atoms with Crippen molar-refractivity contribution in [2.45, 2.75) is 25.3 Å². The number of piperidine rings is 1. The van der Waals surface area contributed by atoms with Crippen LogP contribution in [0.4, 0.5) is 0 Å². The molecule has 2 N–H and O–H groups in total. The molecule has 1 aliphatic heterocycles.